The van der Waals surface area contributed by atoms with Gasteiger partial charge in [-0.3, -0.25) is 9.59 Å². The molecule has 0 radical (unpaired) electrons. The van der Waals surface area contributed by atoms with E-state index in [0.717, 1.165) is 0 Å². The van der Waals surface area contributed by atoms with E-state index < -0.39 is 11.5 Å². The fourth-order valence-corrected chi connectivity index (χ4v) is 2.63. The molecule has 0 unspecified atom stereocenters. The number of nitrogens with zero attached hydrogens (tertiary/aromatic N) is 2. The van der Waals surface area contributed by atoms with Gasteiger partial charge >= 0.3 is 5.63 Å². The summed E-state index contributed by atoms with van der Waals surface area (Å²) in [5.74, 6) is -0.128. The first-order valence-corrected chi connectivity index (χ1v) is 8.52. The van der Waals surface area contributed by atoms with Gasteiger partial charge in [0.25, 0.3) is 11.5 Å². The minimum absolute atomic E-state index is 0.110. The number of carbonyl (C=O) groups is 1. The Labute approximate surface area is 154 Å². The van der Waals surface area contributed by atoms with Gasteiger partial charge in [-0.05, 0) is 32.0 Å². The highest BCUT2D eigenvalue weighted by molar-refractivity contribution is 5.97. The minimum Gasteiger partial charge on any atom is -0.490 e. The number of rotatable bonds is 6. The van der Waals surface area contributed by atoms with E-state index in [4.69, 9.17) is 9.15 Å². The van der Waals surface area contributed by atoms with Crippen LogP contribution in [0.15, 0.2) is 50.4 Å². The van der Waals surface area contributed by atoms with Crippen LogP contribution in [0.3, 0.4) is 0 Å². The molecular weight excluding hydrogens is 350 g/mol. The number of benzene rings is 1. The lowest BCUT2D eigenvalue weighted by Gasteiger charge is -2.08. The molecule has 2 aromatic heterocycles. The monoisotopic (exact) mass is 369 g/mol. The van der Waals surface area contributed by atoms with E-state index in [2.05, 4.69) is 10.4 Å². The molecule has 3 aromatic rings. The van der Waals surface area contributed by atoms with Crippen molar-refractivity contribution in [3.8, 4) is 5.75 Å². The highest BCUT2D eigenvalue weighted by Gasteiger charge is 2.15. The molecular formula is C19H19N3O5. The predicted molar refractivity (Wildman–Crippen MR) is 99.2 cm³/mol. The Bertz CT molecular complexity index is 1100. The van der Waals surface area contributed by atoms with Crippen molar-refractivity contribution in [1.29, 1.82) is 0 Å². The molecule has 0 saturated heterocycles. The Kier molecular flexibility index (Phi) is 5.35. The van der Waals surface area contributed by atoms with Gasteiger partial charge in [-0.15, -0.1) is 0 Å². The molecule has 0 aliphatic carbocycles. The van der Waals surface area contributed by atoms with Gasteiger partial charge < -0.3 is 14.5 Å². The summed E-state index contributed by atoms with van der Waals surface area (Å²) in [5, 5.41) is 7.28. The molecule has 1 amide bonds. The summed E-state index contributed by atoms with van der Waals surface area (Å²) >= 11 is 0. The van der Waals surface area contributed by atoms with Gasteiger partial charge in [0.2, 0.25) is 0 Å². The number of nitrogens with one attached hydrogen (secondary N) is 1. The van der Waals surface area contributed by atoms with E-state index in [1.165, 1.54) is 16.8 Å². The second-order valence-corrected chi connectivity index (χ2v) is 5.85. The Hall–Kier alpha value is -3.42. The molecule has 0 bridgehead atoms. The lowest BCUT2D eigenvalue weighted by molar-refractivity contribution is 0.0948. The Morgan fingerprint density at radius 3 is 2.85 bits per heavy atom. The van der Waals surface area contributed by atoms with E-state index in [-0.39, 0.29) is 24.2 Å². The van der Waals surface area contributed by atoms with Gasteiger partial charge in [-0.2, -0.15) is 5.10 Å². The number of carbonyl (C=O) groups excluding carboxylic acids is 1. The zero-order valence-corrected chi connectivity index (χ0v) is 15.0. The van der Waals surface area contributed by atoms with Crippen molar-refractivity contribution in [2.24, 2.45) is 0 Å². The molecule has 0 fully saturated rings. The zero-order valence-electron chi connectivity index (χ0n) is 15.0. The van der Waals surface area contributed by atoms with Gasteiger partial charge in [0, 0.05) is 18.0 Å². The molecule has 0 atom stereocenters. The highest BCUT2D eigenvalue weighted by Crippen LogP contribution is 2.24. The number of hydrogen-bond acceptors (Lipinski definition) is 6. The normalized spacial score (nSPS) is 10.7. The number of hydrogen-bond donors (Lipinski definition) is 1. The Morgan fingerprint density at radius 1 is 1.26 bits per heavy atom. The van der Waals surface area contributed by atoms with Crippen molar-refractivity contribution in [2.45, 2.75) is 20.4 Å². The predicted octanol–water partition coefficient (Wildman–Crippen LogP) is 1.49. The van der Waals surface area contributed by atoms with E-state index in [9.17, 15) is 14.4 Å². The smallest absolute Gasteiger partial charge is 0.349 e. The van der Waals surface area contributed by atoms with Crippen LogP contribution >= 0.6 is 0 Å². The molecule has 1 N–H and O–H groups in total. The van der Waals surface area contributed by atoms with Crippen LogP contribution in [-0.4, -0.2) is 28.8 Å². The van der Waals surface area contributed by atoms with Gasteiger partial charge in [-0.25, -0.2) is 9.48 Å². The average Bonchev–Trinajstić information content (AvgIpc) is 2.64. The number of aromatic nitrogens is 2. The summed E-state index contributed by atoms with van der Waals surface area (Å²) in [6.07, 6.45) is 0. The fraction of sp³-hybridized carbons (Fsp3) is 0.263. The van der Waals surface area contributed by atoms with Gasteiger partial charge in [-0.1, -0.05) is 12.1 Å². The Balaban J connectivity index is 1.77. The van der Waals surface area contributed by atoms with Crippen molar-refractivity contribution in [3.63, 3.8) is 0 Å². The maximum Gasteiger partial charge on any atom is 0.349 e. The molecule has 0 aliphatic rings. The second-order valence-electron chi connectivity index (χ2n) is 5.85. The summed E-state index contributed by atoms with van der Waals surface area (Å²) in [4.78, 5) is 36.3. The third kappa shape index (κ3) is 4.05. The van der Waals surface area contributed by atoms with Crippen LogP contribution in [0, 0.1) is 6.92 Å². The molecule has 0 aliphatic heterocycles. The number of amides is 1. The first-order chi connectivity index (χ1) is 13.0. The molecule has 2 heterocycles. The van der Waals surface area contributed by atoms with Crippen molar-refractivity contribution in [2.75, 3.05) is 13.2 Å². The summed E-state index contributed by atoms with van der Waals surface area (Å²) < 4.78 is 12.0. The summed E-state index contributed by atoms with van der Waals surface area (Å²) in [6, 6.07) is 9.68. The number of para-hydroxylation sites is 1. The van der Waals surface area contributed by atoms with Crippen LogP contribution in [0.5, 0.6) is 5.75 Å². The van der Waals surface area contributed by atoms with E-state index in [1.807, 2.05) is 6.92 Å². The fourth-order valence-electron chi connectivity index (χ4n) is 2.63. The molecule has 140 valence electrons. The van der Waals surface area contributed by atoms with Gasteiger partial charge in [0.05, 0.1) is 18.8 Å². The molecule has 8 heteroatoms. The summed E-state index contributed by atoms with van der Waals surface area (Å²) in [6.45, 7) is 4.36. The van der Waals surface area contributed by atoms with Crippen LogP contribution in [0.4, 0.5) is 0 Å². The van der Waals surface area contributed by atoms with E-state index in [1.54, 1.807) is 31.2 Å². The zero-order chi connectivity index (χ0) is 19.4. The quantitative estimate of drug-likeness (QED) is 0.660. The SMILES string of the molecule is CCOc1cccc2cc(C(=O)NCCn3nc(C)ccc3=O)c(=O)oc12. The molecule has 3 rings (SSSR count). The standard InChI is InChI=1S/C19H19N3O5/c1-3-26-15-6-4-5-13-11-14(19(25)27-17(13)15)18(24)20-9-10-22-16(23)8-7-12(2)21-22/h4-8,11H,3,9-10H2,1-2H3,(H,20,24). The molecule has 27 heavy (non-hydrogen) atoms. The van der Waals surface area contributed by atoms with Crippen molar-refractivity contribution >= 4 is 16.9 Å². The molecule has 8 nitrogen and oxygen atoms in total. The van der Waals surface area contributed by atoms with E-state index >= 15 is 0 Å². The van der Waals surface area contributed by atoms with Crippen LogP contribution in [0.2, 0.25) is 0 Å². The number of aryl methyl sites for hydroxylation is 1. The van der Waals surface area contributed by atoms with Crippen molar-refractivity contribution in [1.82, 2.24) is 15.1 Å². The van der Waals surface area contributed by atoms with Crippen LogP contribution in [0.1, 0.15) is 23.0 Å². The van der Waals surface area contributed by atoms with Crippen LogP contribution in [0.25, 0.3) is 11.0 Å². The first kappa shape index (κ1) is 18.4. The van der Waals surface area contributed by atoms with Crippen LogP contribution < -0.4 is 21.2 Å². The maximum absolute atomic E-state index is 12.4. The first-order valence-electron chi connectivity index (χ1n) is 8.52. The largest absolute Gasteiger partial charge is 0.490 e. The third-order valence-corrected chi connectivity index (χ3v) is 3.88. The lowest BCUT2D eigenvalue weighted by Crippen LogP contribution is -2.34. The maximum atomic E-state index is 12.4. The Morgan fingerprint density at radius 2 is 2.07 bits per heavy atom. The van der Waals surface area contributed by atoms with Crippen molar-refractivity contribution in [3.05, 3.63) is 68.4 Å². The number of ether oxygens (including phenoxy) is 1. The van der Waals surface area contributed by atoms with E-state index in [0.29, 0.717) is 29.0 Å². The van der Waals surface area contributed by atoms with Gasteiger partial charge in [0.15, 0.2) is 11.3 Å². The summed E-state index contributed by atoms with van der Waals surface area (Å²) in [5.41, 5.74) is -0.125. The highest BCUT2D eigenvalue weighted by atomic mass is 16.5. The second kappa shape index (κ2) is 7.86. The van der Waals surface area contributed by atoms with Gasteiger partial charge in [0.1, 0.15) is 5.56 Å². The number of fused-ring (bicyclic) bond motifs is 1. The average molecular weight is 369 g/mol. The topological polar surface area (TPSA) is 103 Å². The minimum atomic E-state index is -0.752. The third-order valence-electron chi connectivity index (χ3n) is 3.88. The van der Waals surface area contributed by atoms with Crippen LogP contribution in [-0.2, 0) is 6.54 Å². The lowest BCUT2D eigenvalue weighted by atomic mass is 10.1. The molecule has 0 saturated carbocycles. The molecule has 1 aromatic carbocycles. The summed E-state index contributed by atoms with van der Waals surface area (Å²) in [7, 11) is 0. The van der Waals surface area contributed by atoms with Crippen molar-refractivity contribution < 1.29 is 13.9 Å². The molecule has 0 spiro atoms.